The van der Waals surface area contributed by atoms with Gasteiger partial charge in [0.05, 0.1) is 6.10 Å². The molecule has 2 heteroatoms. The Morgan fingerprint density at radius 1 is 1.40 bits per heavy atom. The Balaban J connectivity index is 4.62. The molecule has 0 aliphatic carbocycles. The molecule has 0 saturated carbocycles. The predicted octanol–water partition coefficient (Wildman–Crippen LogP) is 2.99. The summed E-state index contributed by atoms with van der Waals surface area (Å²) in [6.45, 7) is 15.5. The minimum Gasteiger partial charge on any atom is -0.376 e. The maximum atomic E-state index is 5.86. The second-order valence-electron chi connectivity index (χ2n) is 5.30. The average molecular weight is 213 g/mol. The summed E-state index contributed by atoms with van der Waals surface area (Å²) in [5.41, 5.74) is 1.35. The van der Waals surface area contributed by atoms with E-state index in [1.54, 1.807) is 0 Å². The lowest BCUT2D eigenvalue weighted by Crippen LogP contribution is -2.47. The highest BCUT2D eigenvalue weighted by Gasteiger charge is 2.31. The fourth-order valence-corrected chi connectivity index (χ4v) is 1.89. The fraction of sp³-hybridized carbons (Fsp3) is 0.846. The van der Waals surface area contributed by atoms with E-state index in [9.17, 15) is 0 Å². The van der Waals surface area contributed by atoms with Crippen LogP contribution >= 0.6 is 0 Å². The van der Waals surface area contributed by atoms with Crippen LogP contribution in [-0.2, 0) is 4.74 Å². The molecule has 0 fully saturated rings. The van der Waals surface area contributed by atoms with Crippen LogP contribution in [-0.4, -0.2) is 25.8 Å². The van der Waals surface area contributed by atoms with E-state index in [0.717, 1.165) is 13.0 Å². The quantitative estimate of drug-likeness (QED) is 0.685. The van der Waals surface area contributed by atoms with Gasteiger partial charge in [0, 0.05) is 12.6 Å². The molecule has 0 bridgehead atoms. The van der Waals surface area contributed by atoms with Gasteiger partial charge < -0.3 is 10.1 Å². The third-order valence-electron chi connectivity index (χ3n) is 2.50. The van der Waals surface area contributed by atoms with Gasteiger partial charge in [-0.05, 0) is 32.7 Å². The highest BCUT2D eigenvalue weighted by molar-refractivity contribution is 4.97. The molecule has 0 spiro atoms. The van der Waals surface area contributed by atoms with Gasteiger partial charge in [0.2, 0.25) is 0 Å². The largest absolute Gasteiger partial charge is 0.376 e. The molecule has 0 aromatic rings. The molecule has 0 rings (SSSR count). The van der Waals surface area contributed by atoms with E-state index in [2.05, 4.69) is 39.6 Å². The Kier molecular flexibility index (Phi) is 6.15. The molecule has 0 aromatic heterocycles. The van der Waals surface area contributed by atoms with Crippen molar-refractivity contribution in [2.45, 2.75) is 53.2 Å². The van der Waals surface area contributed by atoms with Crippen molar-refractivity contribution in [3.8, 4) is 0 Å². The number of ether oxygens (including phenoxy) is 1. The SMILES string of the molecule is C=C(C)CC(NC)C(OCC)C(C)(C)C. The standard InChI is InChI=1S/C13H27NO/c1-8-15-12(13(4,5)6)11(14-7)9-10(2)3/h11-12,14H,2,8-9H2,1,3-7H3. The van der Waals surface area contributed by atoms with Crippen molar-refractivity contribution in [1.82, 2.24) is 5.32 Å². The Morgan fingerprint density at radius 3 is 2.20 bits per heavy atom. The third-order valence-corrected chi connectivity index (χ3v) is 2.50. The van der Waals surface area contributed by atoms with E-state index < -0.39 is 0 Å². The van der Waals surface area contributed by atoms with Crippen molar-refractivity contribution in [1.29, 1.82) is 0 Å². The maximum Gasteiger partial charge on any atom is 0.0778 e. The molecule has 1 N–H and O–H groups in total. The zero-order chi connectivity index (χ0) is 12.1. The van der Waals surface area contributed by atoms with Crippen molar-refractivity contribution in [3.63, 3.8) is 0 Å². The van der Waals surface area contributed by atoms with Crippen LogP contribution in [0.25, 0.3) is 0 Å². The molecule has 0 aromatic carbocycles. The molecule has 0 heterocycles. The molecule has 2 atom stereocenters. The molecule has 0 aliphatic heterocycles. The smallest absolute Gasteiger partial charge is 0.0778 e. The maximum absolute atomic E-state index is 5.86. The van der Waals surface area contributed by atoms with Gasteiger partial charge in [0.1, 0.15) is 0 Å². The van der Waals surface area contributed by atoms with E-state index in [-0.39, 0.29) is 11.5 Å². The monoisotopic (exact) mass is 213 g/mol. The first kappa shape index (κ1) is 14.7. The highest BCUT2D eigenvalue weighted by Crippen LogP contribution is 2.27. The molecule has 2 nitrogen and oxygen atoms in total. The molecule has 90 valence electrons. The fourth-order valence-electron chi connectivity index (χ4n) is 1.89. The van der Waals surface area contributed by atoms with Crippen molar-refractivity contribution in [2.24, 2.45) is 5.41 Å². The van der Waals surface area contributed by atoms with Gasteiger partial charge in [-0.15, -0.1) is 6.58 Å². The zero-order valence-electron chi connectivity index (χ0n) is 11.2. The van der Waals surface area contributed by atoms with Gasteiger partial charge in [-0.25, -0.2) is 0 Å². The lowest BCUT2D eigenvalue weighted by molar-refractivity contribution is -0.0340. The van der Waals surface area contributed by atoms with Gasteiger partial charge in [0.15, 0.2) is 0 Å². The Hall–Kier alpha value is -0.340. The van der Waals surface area contributed by atoms with E-state index in [0.29, 0.717) is 6.04 Å². The van der Waals surface area contributed by atoms with E-state index >= 15 is 0 Å². The minimum absolute atomic E-state index is 0.152. The normalized spacial score (nSPS) is 16.1. The van der Waals surface area contributed by atoms with Gasteiger partial charge in [-0.2, -0.15) is 0 Å². The second-order valence-corrected chi connectivity index (χ2v) is 5.30. The number of hydrogen-bond donors (Lipinski definition) is 1. The molecule has 0 radical (unpaired) electrons. The van der Waals surface area contributed by atoms with Crippen LogP contribution in [0.4, 0.5) is 0 Å². The molecule has 0 aliphatic rings. The summed E-state index contributed by atoms with van der Waals surface area (Å²) in [5.74, 6) is 0. The topological polar surface area (TPSA) is 21.3 Å². The molecule has 2 unspecified atom stereocenters. The first-order valence-electron chi connectivity index (χ1n) is 5.76. The van der Waals surface area contributed by atoms with Crippen molar-refractivity contribution >= 4 is 0 Å². The number of likely N-dealkylation sites (N-methyl/N-ethyl adjacent to an activating group) is 1. The Bertz CT molecular complexity index is 193. The van der Waals surface area contributed by atoms with Gasteiger partial charge in [0.25, 0.3) is 0 Å². The van der Waals surface area contributed by atoms with E-state index in [1.165, 1.54) is 5.57 Å². The summed E-state index contributed by atoms with van der Waals surface area (Å²) < 4.78 is 5.86. The zero-order valence-corrected chi connectivity index (χ0v) is 11.2. The van der Waals surface area contributed by atoms with Gasteiger partial charge >= 0.3 is 0 Å². The summed E-state index contributed by atoms with van der Waals surface area (Å²) in [4.78, 5) is 0. The Labute approximate surface area is 95.1 Å². The first-order valence-corrected chi connectivity index (χ1v) is 5.76. The minimum atomic E-state index is 0.152. The average Bonchev–Trinajstić information content (AvgIpc) is 2.08. The van der Waals surface area contributed by atoms with E-state index in [4.69, 9.17) is 4.74 Å². The van der Waals surface area contributed by atoms with Crippen LogP contribution in [0.1, 0.15) is 41.0 Å². The summed E-state index contributed by atoms with van der Waals surface area (Å²) in [6, 6.07) is 0.349. The van der Waals surface area contributed by atoms with Crippen LogP contribution < -0.4 is 5.32 Å². The van der Waals surface area contributed by atoms with Crippen LogP contribution in [0, 0.1) is 5.41 Å². The molecule has 0 amide bonds. The number of rotatable bonds is 6. The summed E-state index contributed by atoms with van der Waals surface area (Å²) in [5, 5.41) is 3.34. The van der Waals surface area contributed by atoms with Crippen LogP contribution in [0.3, 0.4) is 0 Å². The Morgan fingerprint density at radius 2 is 1.93 bits per heavy atom. The summed E-state index contributed by atoms with van der Waals surface area (Å²) in [7, 11) is 1.99. The van der Waals surface area contributed by atoms with Crippen molar-refractivity contribution in [3.05, 3.63) is 12.2 Å². The van der Waals surface area contributed by atoms with Crippen LogP contribution in [0.5, 0.6) is 0 Å². The van der Waals surface area contributed by atoms with Crippen molar-refractivity contribution < 1.29 is 4.74 Å². The first-order chi connectivity index (χ1) is 6.82. The highest BCUT2D eigenvalue weighted by atomic mass is 16.5. The van der Waals surface area contributed by atoms with Gasteiger partial charge in [-0.3, -0.25) is 0 Å². The van der Waals surface area contributed by atoms with Crippen LogP contribution in [0.15, 0.2) is 12.2 Å². The number of nitrogens with one attached hydrogen (secondary N) is 1. The predicted molar refractivity (Wildman–Crippen MR) is 67.1 cm³/mol. The molecular weight excluding hydrogens is 186 g/mol. The second kappa shape index (κ2) is 6.29. The number of hydrogen-bond acceptors (Lipinski definition) is 2. The molecule has 0 saturated heterocycles. The molecular formula is C13H27NO. The third kappa shape index (κ3) is 5.33. The van der Waals surface area contributed by atoms with Gasteiger partial charge in [-0.1, -0.05) is 26.3 Å². The van der Waals surface area contributed by atoms with Crippen molar-refractivity contribution in [2.75, 3.05) is 13.7 Å². The van der Waals surface area contributed by atoms with E-state index in [1.807, 2.05) is 14.0 Å². The summed E-state index contributed by atoms with van der Waals surface area (Å²) >= 11 is 0. The van der Waals surface area contributed by atoms with Crippen LogP contribution in [0.2, 0.25) is 0 Å². The lowest BCUT2D eigenvalue weighted by atomic mass is 9.82. The summed E-state index contributed by atoms with van der Waals surface area (Å²) in [6.07, 6.45) is 1.20. The lowest BCUT2D eigenvalue weighted by Gasteiger charge is -2.36. The molecule has 15 heavy (non-hydrogen) atoms.